The number of hydrogen-bond acceptors (Lipinski definition) is 6. The van der Waals surface area contributed by atoms with Gasteiger partial charge in [0.2, 0.25) is 11.9 Å². The summed E-state index contributed by atoms with van der Waals surface area (Å²) in [7, 11) is 3.75. The zero-order chi connectivity index (χ0) is 14.5. The third-order valence-electron chi connectivity index (χ3n) is 3.10. The van der Waals surface area contributed by atoms with Crippen LogP contribution in [0.4, 0.5) is 11.8 Å². The lowest BCUT2D eigenvalue weighted by Gasteiger charge is -2.29. The second kappa shape index (κ2) is 6.51. The average molecular weight is 279 g/mol. The fraction of sp³-hybridized carbons (Fsp3) is 0.615. The molecule has 1 N–H and O–H groups in total. The van der Waals surface area contributed by atoms with Gasteiger partial charge in [-0.15, -0.1) is 0 Å². The van der Waals surface area contributed by atoms with Crippen molar-refractivity contribution in [3.8, 4) is 0 Å². The molecule has 7 heteroatoms. The van der Waals surface area contributed by atoms with Gasteiger partial charge < -0.3 is 19.9 Å². The van der Waals surface area contributed by atoms with Crippen LogP contribution in [0, 0.1) is 0 Å². The first-order chi connectivity index (χ1) is 9.58. The van der Waals surface area contributed by atoms with E-state index >= 15 is 0 Å². The molecule has 0 aromatic carbocycles. The molecule has 0 aliphatic carbocycles. The van der Waals surface area contributed by atoms with Crippen LogP contribution in [0.1, 0.15) is 6.92 Å². The van der Waals surface area contributed by atoms with Crippen LogP contribution in [-0.2, 0) is 9.53 Å². The Balaban J connectivity index is 1.97. The van der Waals surface area contributed by atoms with Gasteiger partial charge in [0, 0.05) is 33.4 Å². The monoisotopic (exact) mass is 279 g/mol. The van der Waals surface area contributed by atoms with Crippen LogP contribution in [0.25, 0.3) is 0 Å². The highest BCUT2D eigenvalue weighted by Gasteiger charge is 2.22. The minimum atomic E-state index is -0.321. The topological polar surface area (TPSA) is 70.6 Å². The summed E-state index contributed by atoms with van der Waals surface area (Å²) in [5, 5.41) is 3.12. The second-order valence-electron chi connectivity index (χ2n) is 4.94. The van der Waals surface area contributed by atoms with E-state index in [1.807, 2.05) is 30.8 Å². The van der Waals surface area contributed by atoms with Crippen molar-refractivity contribution >= 4 is 17.7 Å². The van der Waals surface area contributed by atoms with E-state index < -0.39 is 0 Å². The predicted octanol–water partition coefficient (Wildman–Crippen LogP) is 0.202. The Morgan fingerprint density at radius 2 is 2.15 bits per heavy atom. The zero-order valence-electron chi connectivity index (χ0n) is 12.2. The molecule has 1 aliphatic heterocycles. The smallest absolute Gasteiger partial charge is 0.244 e. The molecular formula is C13H21N5O2. The summed E-state index contributed by atoms with van der Waals surface area (Å²) < 4.78 is 5.25. The van der Waals surface area contributed by atoms with Crippen molar-refractivity contribution in [2.45, 2.75) is 13.0 Å². The van der Waals surface area contributed by atoms with Crippen molar-refractivity contribution < 1.29 is 9.53 Å². The van der Waals surface area contributed by atoms with Gasteiger partial charge in [0.05, 0.1) is 13.2 Å². The van der Waals surface area contributed by atoms with Gasteiger partial charge in [-0.25, -0.2) is 4.98 Å². The van der Waals surface area contributed by atoms with E-state index in [9.17, 15) is 4.79 Å². The van der Waals surface area contributed by atoms with Crippen molar-refractivity contribution in [2.24, 2.45) is 0 Å². The van der Waals surface area contributed by atoms with Crippen molar-refractivity contribution in [3.63, 3.8) is 0 Å². The number of ether oxygens (including phenoxy) is 1. The number of anilines is 2. The van der Waals surface area contributed by atoms with Crippen molar-refractivity contribution in [1.82, 2.24) is 14.9 Å². The summed E-state index contributed by atoms with van der Waals surface area (Å²) in [4.78, 5) is 24.4. The average Bonchev–Trinajstić information content (AvgIpc) is 2.47. The molecule has 1 saturated heterocycles. The molecule has 1 amide bonds. The normalized spacial score (nSPS) is 16.6. The van der Waals surface area contributed by atoms with Gasteiger partial charge in [-0.05, 0) is 13.0 Å². The highest BCUT2D eigenvalue weighted by atomic mass is 16.5. The summed E-state index contributed by atoms with van der Waals surface area (Å²) in [5.74, 6) is 1.33. The van der Waals surface area contributed by atoms with Crippen LogP contribution >= 0.6 is 0 Å². The van der Waals surface area contributed by atoms with Crippen LogP contribution in [-0.4, -0.2) is 67.2 Å². The Bertz CT molecular complexity index is 460. The highest BCUT2D eigenvalue weighted by Crippen LogP contribution is 2.10. The maximum absolute atomic E-state index is 12.3. The molecule has 0 bridgehead atoms. The van der Waals surface area contributed by atoms with Gasteiger partial charge in [-0.1, -0.05) is 0 Å². The first-order valence-corrected chi connectivity index (χ1v) is 6.71. The molecule has 0 saturated carbocycles. The fourth-order valence-corrected chi connectivity index (χ4v) is 1.99. The van der Waals surface area contributed by atoms with E-state index in [0.29, 0.717) is 38.1 Å². The minimum absolute atomic E-state index is 0.0679. The molecule has 110 valence electrons. The second-order valence-corrected chi connectivity index (χ2v) is 4.94. The number of amides is 1. The molecular weight excluding hydrogens is 258 g/mol. The molecule has 7 nitrogen and oxygen atoms in total. The SMILES string of the molecule is CC(Nc1ccnc(N(C)C)n1)C(=O)N1CCOCC1. The van der Waals surface area contributed by atoms with Gasteiger partial charge in [0.1, 0.15) is 11.9 Å². The van der Waals surface area contributed by atoms with E-state index in [0.717, 1.165) is 0 Å². The van der Waals surface area contributed by atoms with Crippen LogP contribution < -0.4 is 10.2 Å². The van der Waals surface area contributed by atoms with Crippen molar-refractivity contribution in [2.75, 3.05) is 50.6 Å². The maximum Gasteiger partial charge on any atom is 0.244 e. The Morgan fingerprint density at radius 1 is 1.45 bits per heavy atom. The fourth-order valence-electron chi connectivity index (χ4n) is 1.99. The number of aromatic nitrogens is 2. The maximum atomic E-state index is 12.3. The quantitative estimate of drug-likeness (QED) is 0.849. The van der Waals surface area contributed by atoms with Gasteiger partial charge in [0.15, 0.2) is 0 Å². The number of hydrogen-bond donors (Lipinski definition) is 1. The highest BCUT2D eigenvalue weighted by molar-refractivity contribution is 5.84. The molecule has 0 spiro atoms. The van der Waals surface area contributed by atoms with E-state index in [2.05, 4.69) is 15.3 Å². The number of carbonyl (C=O) groups is 1. The number of nitrogens with zero attached hydrogens (tertiary/aromatic N) is 4. The number of nitrogens with one attached hydrogen (secondary N) is 1. The zero-order valence-corrected chi connectivity index (χ0v) is 12.2. The third kappa shape index (κ3) is 3.57. The summed E-state index contributed by atoms with van der Waals surface area (Å²) in [6, 6.07) is 1.44. The third-order valence-corrected chi connectivity index (χ3v) is 3.10. The number of rotatable bonds is 4. The van der Waals surface area contributed by atoms with E-state index in [-0.39, 0.29) is 11.9 Å². The molecule has 2 rings (SSSR count). The lowest BCUT2D eigenvalue weighted by atomic mass is 10.2. The first-order valence-electron chi connectivity index (χ1n) is 6.71. The lowest BCUT2D eigenvalue weighted by molar-refractivity contribution is -0.135. The van der Waals surface area contributed by atoms with Gasteiger partial charge in [0.25, 0.3) is 0 Å². The molecule has 20 heavy (non-hydrogen) atoms. The summed E-state index contributed by atoms with van der Waals surface area (Å²) in [6.45, 7) is 4.36. The Hall–Kier alpha value is -1.89. The standard InChI is InChI=1S/C13H21N5O2/c1-10(12(19)18-6-8-20-9-7-18)15-11-4-5-14-13(16-11)17(2)3/h4-5,10H,6-9H2,1-3H3,(H,14,15,16). The molecule has 1 aromatic rings. The summed E-state index contributed by atoms with van der Waals surface area (Å²) in [5.41, 5.74) is 0. The molecule has 1 aliphatic rings. The Labute approximate surface area is 118 Å². The largest absolute Gasteiger partial charge is 0.378 e. The van der Waals surface area contributed by atoms with E-state index in [4.69, 9.17) is 4.74 Å². The molecule has 0 radical (unpaired) electrons. The molecule has 1 unspecified atom stereocenters. The Morgan fingerprint density at radius 3 is 2.80 bits per heavy atom. The number of morpholine rings is 1. The van der Waals surface area contributed by atoms with Gasteiger partial charge >= 0.3 is 0 Å². The molecule has 1 atom stereocenters. The molecule has 1 fully saturated rings. The number of carbonyl (C=O) groups excluding carboxylic acids is 1. The minimum Gasteiger partial charge on any atom is -0.378 e. The van der Waals surface area contributed by atoms with Crippen LogP contribution in [0.3, 0.4) is 0 Å². The summed E-state index contributed by atoms with van der Waals surface area (Å²) >= 11 is 0. The van der Waals surface area contributed by atoms with Crippen LogP contribution in [0.2, 0.25) is 0 Å². The van der Waals surface area contributed by atoms with Crippen molar-refractivity contribution in [3.05, 3.63) is 12.3 Å². The van der Waals surface area contributed by atoms with Gasteiger partial charge in [-0.3, -0.25) is 4.79 Å². The van der Waals surface area contributed by atoms with Gasteiger partial charge in [-0.2, -0.15) is 4.98 Å². The van der Waals surface area contributed by atoms with Crippen molar-refractivity contribution in [1.29, 1.82) is 0 Å². The predicted molar refractivity (Wildman–Crippen MR) is 76.8 cm³/mol. The van der Waals surface area contributed by atoms with Crippen LogP contribution in [0.5, 0.6) is 0 Å². The van der Waals surface area contributed by atoms with E-state index in [1.54, 1.807) is 12.3 Å². The first kappa shape index (κ1) is 14.5. The van der Waals surface area contributed by atoms with E-state index in [1.165, 1.54) is 0 Å². The summed E-state index contributed by atoms with van der Waals surface area (Å²) in [6.07, 6.45) is 1.68. The molecule has 2 heterocycles. The lowest BCUT2D eigenvalue weighted by Crippen LogP contribution is -2.47. The molecule has 1 aromatic heterocycles. The Kier molecular flexibility index (Phi) is 4.73. The van der Waals surface area contributed by atoms with Crippen LogP contribution in [0.15, 0.2) is 12.3 Å².